The highest BCUT2D eigenvalue weighted by atomic mass is 16.5. The van der Waals surface area contributed by atoms with Gasteiger partial charge < -0.3 is 9.30 Å². The van der Waals surface area contributed by atoms with Crippen LogP contribution in [0.5, 0.6) is 0 Å². The molecule has 1 atom stereocenters. The van der Waals surface area contributed by atoms with Gasteiger partial charge in [0.2, 0.25) is 0 Å². The number of ketones is 1. The molecule has 0 radical (unpaired) electrons. The molecule has 128 valence electrons. The first-order valence-corrected chi connectivity index (χ1v) is 8.47. The third kappa shape index (κ3) is 2.96. The van der Waals surface area contributed by atoms with Gasteiger partial charge in [0.1, 0.15) is 0 Å². The number of Topliss-reactive ketones (excluding diaryl/α,β-unsaturated/α-hetero) is 1. The SMILES string of the molecule is CCOC(=O)CN(C)CC1CCc2c(n(C)c3ccccc23)C1=O. The summed E-state index contributed by atoms with van der Waals surface area (Å²) in [5.74, 6) is -0.126. The number of rotatable bonds is 5. The average molecular weight is 328 g/mol. The summed E-state index contributed by atoms with van der Waals surface area (Å²) in [6.45, 7) is 2.98. The average Bonchev–Trinajstić information content (AvgIpc) is 2.84. The van der Waals surface area contributed by atoms with Crippen LogP contribution in [0.1, 0.15) is 29.4 Å². The molecule has 1 heterocycles. The van der Waals surface area contributed by atoms with Crippen molar-refractivity contribution in [3.63, 3.8) is 0 Å². The minimum Gasteiger partial charge on any atom is -0.465 e. The fraction of sp³-hybridized carbons (Fsp3) is 0.474. The van der Waals surface area contributed by atoms with Gasteiger partial charge in [0, 0.05) is 30.4 Å². The van der Waals surface area contributed by atoms with E-state index in [0.717, 1.165) is 24.1 Å². The highest BCUT2D eigenvalue weighted by Gasteiger charge is 2.32. The maximum Gasteiger partial charge on any atom is 0.320 e. The summed E-state index contributed by atoms with van der Waals surface area (Å²) in [4.78, 5) is 26.5. The Morgan fingerprint density at radius 1 is 1.38 bits per heavy atom. The fourth-order valence-electron chi connectivity index (χ4n) is 3.72. The van der Waals surface area contributed by atoms with Crippen LogP contribution < -0.4 is 0 Å². The van der Waals surface area contributed by atoms with Crippen LogP contribution in [-0.4, -0.2) is 48.0 Å². The van der Waals surface area contributed by atoms with Crippen molar-refractivity contribution in [2.75, 3.05) is 26.7 Å². The van der Waals surface area contributed by atoms with E-state index in [1.54, 1.807) is 6.92 Å². The molecule has 1 aliphatic rings. The number of carbonyl (C=O) groups is 2. The number of esters is 1. The lowest BCUT2D eigenvalue weighted by molar-refractivity contribution is -0.144. The van der Waals surface area contributed by atoms with Gasteiger partial charge in [-0.15, -0.1) is 0 Å². The van der Waals surface area contributed by atoms with Crippen molar-refractivity contribution in [3.8, 4) is 0 Å². The topological polar surface area (TPSA) is 51.5 Å². The smallest absolute Gasteiger partial charge is 0.320 e. The number of aromatic nitrogens is 1. The summed E-state index contributed by atoms with van der Waals surface area (Å²) in [6, 6.07) is 8.17. The Bertz CT molecular complexity index is 778. The molecule has 0 N–H and O–H groups in total. The van der Waals surface area contributed by atoms with Gasteiger partial charge in [-0.3, -0.25) is 14.5 Å². The number of carbonyl (C=O) groups excluding carboxylic acids is 2. The van der Waals surface area contributed by atoms with Gasteiger partial charge >= 0.3 is 5.97 Å². The molecular formula is C19H24N2O3. The van der Waals surface area contributed by atoms with Crippen LogP contribution in [0.15, 0.2) is 24.3 Å². The van der Waals surface area contributed by atoms with Crippen molar-refractivity contribution in [1.29, 1.82) is 0 Å². The lowest BCUT2D eigenvalue weighted by Crippen LogP contribution is -2.37. The Morgan fingerprint density at radius 3 is 2.88 bits per heavy atom. The summed E-state index contributed by atoms with van der Waals surface area (Å²) in [7, 11) is 3.82. The molecule has 0 saturated heterocycles. The van der Waals surface area contributed by atoms with Gasteiger partial charge in [0.15, 0.2) is 5.78 Å². The van der Waals surface area contributed by atoms with Crippen LogP contribution in [0.3, 0.4) is 0 Å². The number of aryl methyl sites for hydroxylation is 2. The predicted molar refractivity (Wildman–Crippen MR) is 93.2 cm³/mol. The second kappa shape index (κ2) is 6.77. The minimum atomic E-state index is -0.242. The lowest BCUT2D eigenvalue weighted by Gasteiger charge is -2.26. The molecule has 0 aliphatic heterocycles. The molecule has 1 unspecified atom stereocenters. The van der Waals surface area contributed by atoms with Crippen molar-refractivity contribution in [2.45, 2.75) is 19.8 Å². The predicted octanol–water partition coefficient (Wildman–Crippen LogP) is 2.42. The molecule has 0 fully saturated rings. The second-order valence-electron chi connectivity index (χ2n) is 6.50. The van der Waals surface area contributed by atoms with E-state index in [1.165, 1.54) is 10.9 Å². The third-order valence-electron chi connectivity index (χ3n) is 4.80. The molecule has 1 aromatic carbocycles. The van der Waals surface area contributed by atoms with E-state index in [9.17, 15) is 9.59 Å². The molecule has 0 amide bonds. The molecule has 1 aromatic heterocycles. The van der Waals surface area contributed by atoms with E-state index in [2.05, 4.69) is 12.1 Å². The number of hydrogen-bond acceptors (Lipinski definition) is 4. The van der Waals surface area contributed by atoms with Gasteiger partial charge in [-0.05, 0) is 38.4 Å². The number of likely N-dealkylation sites (N-methyl/N-ethyl adjacent to an activating group) is 1. The Labute approximate surface area is 142 Å². The van der Waals surface area contributed by atoms with E-state index in [-0.39, 0.29) is 24.2 Å². The van der Waals surface area contributed by atoms with Crippen LogP contribution >= 0.6 is 0 Å². The third-order valence-corrected chi connectivity index (χ3v) is 4.80. The van der Waals surface area contributed by atoms with E-state index < -0.39 is 0 Å². The zero-order valence-corrected chi connectivity index (χ0v) is 14.5. The Balaban J connectivity index is 1.79. The van der Waals surface area contributed by atoms with Crippen molar-refractivity contribution in [3.05, 3.63) is 35.5 Å². The molecule has 24 heavy (non-hydrogen) atoms. The number of ether oxygens (including phenoxy) is 1. The van der Waals surface area contributed by atoms with E-state index in [4.69, 9.17) is 4.74 Å². The molecule has 3 rings (SSSR count). The van der Waals surface area contributed by atoms with Crippen molar-refractivity contribution < 1.29 is 14.3 Å². The van der Waals surface area contributed by atoms with Crippen LogP contribution in [0.4, 0.5) is 0 Å². The number of benzene rings is 1. The van der Waals surface area contributed by atoms with Gasteiger partial charge in [-0.1, -0.05) is 18.2 Å². The monoisotopic (exact) mass is 328 g/mol. The van der Waals surface area contributed by atoms with Crippen LogP contribution in [0, 0.1) is 5.92 Å². The normalized spacial score (nSPS) is 17.3. The fourth-order valence-corrected chi connectivity index (χ4v) is 3.72. The van der Waals surface area contributed by atoms with Gasteiger partial charge in [-0.2, -0.15) is 0 Å². The van der Waals surface area contributed by atoms with Gasteiger partial charge in [0.25, 0.3) is 0 Å². The van der Waals surface area contributed by atoms with Gasteiger partial charge in [0.05, 0.1) is 18.8 Å². The molecule has 1 aliphatic carbocycles. The number of nitrogens with zero attached hydrogens (tertiary/aromatic N) is 2. The van der Waals surface area contributed by atoms with E-state index in [0.29, 0.717) is 13.2 Å². The molecule has 5 nitrogen and oxygen atoms in total. The Morgan fingerprint density at radius 2 is 2.12 bits per heavy atom. The van der Waals surface area contributed by atoms with Crippen molar-refractivity contribution >= 4 is 22.7 Å². The largest absolute Gasteiger partial charge is 0.465 e. The molecule has 0 saturated carbocycles. The van der Waals surface area contributed by atoms with Crippen molar-refractivity contribution in [2.24, 2.45) is 13.0 Å². The summed E-state index contributed by atoms with van der Waals surface area (Å²) in [5, 5.41) is 1.18. The molecule has 5 heteroatoms. The van der Waals surface area contributed by atoms with E-state index in [1.807, 2.05) is 35.7 Å². The van der Waals surface area contributed by atoms with Gasteiger partial charge in [-0.25, -0.2) is 0 Å². The highest BCUT2D eigenvalue weighted by molar-refractivity contribution is 6.05. The summed E-state index contributed by atoms with van der Waals surface area (Å²) >= 11 is 0. The van der Waals surface area contributed by atoms with Crippen molar-refractivity contribution in [1.82, 2.24) is 9.47 Å². The minimum absolute atomic E-state index is 0.0695. The quantitative estimate of drug-likeness (QED) is 0.791. The number of hydrogen-bond donors (Lipinski definition) is 0. The molecule has 0 spiro atoms. The first kappa shape index (κ1) is 16.7. The Hall–Kier alpha value is -2.14. The standard InChI is InChI=1S/C19H24N2O3/c1-4-24-17(22)12-20(2)11-13-9-10-15-14-7-5-6-8-16(14)21(3)18(15)19(13)23/h5-8,13H,4,9-12H2,1-3H3. The molecule has 0 bridgehead atoms. The Kier molecular flexibility index (Phi) is 4.71. The van der Waals surface area contributed by atoms with Crippen LogP contribution in [0.25, 0.3) is 10.9 Å². The summed E-state index contributed by atoms with van der Waals surface area (Å²) in [5.41, 5.74) is 3.11. The highest BCUT2D eigenvalue weighted by Crippen LogP contribution is 2.33. The first-order chi connectivity index (χ1) is 11.5. The zero-order chi connectivity index (χ0) is 17.3. The molecule has 2 aromatic rings. The first-order valence-electron chi connectivity index (χ1n) is 8.47. The summed E-state index contributed by atoms with van der Waals surface area (Å²) in [6.07, 6.45) is 1.73. The molecular weight excluding hydrogens is 304 g/mol. The second-order valence-corrected chi connectivity index (χ2v) is 6.50. The maximum absolute atomic E-state index is 13.0. The van der Waals surface area contributed by atoms with Crippen LogP contribution in [-0.2, 0) is 23.0 Å². The summed E-state index contributed by atoms with van der Waals surface area (Å²) < 4.78 is 6.99. The number of para-hydroxylation sites is 1. The van der Waals surface area contributed by atoms with E-state index >= 15 is 0 Å². The number of fused-ring (bicyclic) bond motifs is 3. The zero-order valence-electron chi connectivity index (χ0n) is 14.5. The lowest BCUT2D eigenvalue weighted by atomic mass is 9.85. The maximum atomic E-state index is 13.0. The van der Waals surface area contributed by atoms with Crippen LogP contribution in [0.2, 0.25) is 0 Å².